The maximum absolute atomic E-state index is 4.60. The second-order valence-electron chi connectivity index (χ2n) is 5.62. The predicted octanol–water partition coefficient (Wildman–Crippen LogP) is 4.11. The van der Waals surface area contributed by atoms with Crippen molar-refractivity contribution < 1.29 is 0 Å². The Morgan fingerprint density at radius 1 is 1.25 bits per heavy atom. The smallest absolute Gasteiger partial charge is 0.225 e. The lowest BCUT2D eigenvalue weighted by Gasteiger charge is -2.28. The van der Waals surface area contributed by atoms with Gasteiger partial charge in [0.25, 0.3) is 0 Å². The standard InChI is InChI=1S/C15H22N4S/c1-10(11-6-4-3-5-7-11)17-13-12-8-9-20-14(12)19-15(16-2)18-13/h8-11H,3-7H2,1-2H3,(H2,16,17,18,19). The van der Waals surface area contributed by atoms with E-state index in [9.17, 15) is 0 Å². The Bertz CT molecular complexity index is 574. The monoisotopic (exact) mass is 290 g/mol. The van der Waals surface area contributed by atoms with Crippen LogP contribution in [0.1, 0.15) is 39.0 Å². The van der Waals surface area contributed by atoms with Gasteiger partial charge in [0.15, 0.2) is 0 Å². The van der Waals surface area contributed by atoms with Crippen LogP contribution < -0.4 is 10.6 Å². The van der Waals surface area contributed by atoms with E-state index in [1.807, 2.05) is 7.05 Å². The molecule has 1 saturated carbocycles. The van der Waals surface area contributed by atoms with E-state index in [0.717, 1.165) is 22.0 Å². The van der Waals surface area contributed by atoms with E-state index in [1.165, 1.54) is 32.1 Å². The van der Waals surface area contributed by atoms with Gasteiger partial charge in [-0.2, -0.15) is 4.98 Å². The Kier molecular flexibility index (Phi) is 4.05. The Labute approximate surface area is 124 Å². The number of hydrogen-bond donors (Lipinski definition) is 2. The van der Waals surface area contributed by atoms with Gasteiger partial charge in [-0.3, -0.25) is 0 Å². The van der Waals surface area contributed by atoms with Gasteiger partial charge in [0.05, 0.1) is 5.39 Å². The van der Waals surface area contributed by atoms with Crippen LogP contribution in [0.15, 0.2) is 11.4 Å². The first-order chi connectivity index (χ1) is 9.78. The van der Waals surface area contributed by atoms with Crippen LogP contribution in [-0.2, 0) is 0 Å². The molecule has 0 amide bonds. The molecule has 1 aliphatic carbocycles. The van der Waals surface area contributed by atoms with E-state index in [0.29, 0.717) is 12.0 Å². The average molecular weight is 290 g/mol. The predicted molar refractivity (Wildman–Crippen MR) is 86.6 cm³/mol. The van der Waals surface area contributed by atoms with Crippen molar-refractivity contribution in [2.24, 2.45) is 5.92 Å². The number of anilines is 2. The van der Waals surface area contributed by atoms with E-state index >= 15 is 0 Å². The highest BCUT2D eigenvalue weighted by atomic mass is 32.1. The van der Waals surface area contributed by atoms with Gasteiger partial charge in [-0.15, -0.1) is 11.3 Å². The molecule has 0 spiro atoms. The fraction of sp³-hybridized carbons (Fsp3) is 0.600. The van der Waals surface area contributed by atoms with Crippen molar-refractivity contribution in [2.75, 3.05) is 17.7 Å². The molecule has 2 aromatic heterocycles. The number of aromatic nitrogens is 2. The largest absolute Gasteiger partial charge is 0.367 e. The summed E-state index contributed by atoms with van der Waals surface area (Å²) in [5.41, 5.74) is 0. The molecule has 108 valence electrons. The van der Waals surface area contributed by atoms with Gasteiger partial charge >= 0.3 is 0 Å². The second kappa shape index (κ2) is 5.95. The first kappa shape index (κ1) is 13.6. The summed E-state index contributed by atoms with van der Waals surface area (Å²) in [4.78, 5) is 10.1. The summed E-state index contributed by atoms with van der Waals surface area (Å²) in [6.07, 6.45) is 6.82. The molecule has 4 nitrogen and oxygen atoms in total. The highest BCUT2D eigenvalue weighted by Gasteiger charge is 2.21. The summed E-state index contributed by atoms with van der Waals surface area (Å²) < 4.78 is 0. The molecular weight excluding hydrogens is 268 g/mol. The normalized spacial score (nSPS) is 18.1. The summed E-state index contributed by atoms with van der Waals surface area (Å²) in [6.45, 7) is 2.29. The van der Waals surface area contributed by atoms with Gasteiger partial charge in [0, 0.05) is 13.1 Å². The van der Waals surface area contributed by atoms with E-state index in [-0.39, 0.29) is 0 Å². The van der Waals surface area contributed by atoms with Crippen molar-refractivity contribution in [2.45, 2.75) is 45.1 Å². The maximum Gasteiger partial charge on any atom is 0.225 e. The van der Waals surface area contributed by atoms with Gasteiger partial charge in [-0.25, -0.2) is 4.98 Å². The van der Waals surface area contributed by atoms with Crippen LogP contribution in [0, 0.1) is 5.92 Å². The van der Waals surface area contributed by atoms with Crippen molar-refractivity contribution in [3.8, 4) is 0 Å². The molecular formula is C15H22N4S. The molecule has 2 aromatic rings. The quantitative estimate of drug-likeness (QED) is 0.889. The average Bonchev–Trinajstić information content (AvgIpc) is 2.96. The zero-order valence-electron chi connectivity index (χ0n) is 12.1. The van der Waals surface area contributed by atoms with Crippen molar-refractivity contribution in [1.29, 1.82) is 0 Å². The van der Waals surface area contributed by atoms with Crippen molar-refractivity contribution in [3.05, 3.63) is 11.4 Å². The van der Waals surface area contributed by atoms with E-state index in [2.05, 4.69) is 39.0 Å². The molecule has 5 heteroatoms. The number of nitrogens with one attached hydrogen (secondary N) is 2. The van der Waals surface area contributed by atoms with Crippen LogP contribution in [0.5, 0.6) is 0 Å². The third-order valence-electron chi connectivity index (χ3n) is 4.27. The van der Waals surface area contributed by atoms with Gasteiger partial charge in [0.1, 0.15) is 10.6 Å². The Hall–Kier alpha value is -1.36. The first-order valence-electron chi connectivity index (χ1n) is 7.47. The lowest BCUT2D eigenvalue weighted by atomic mass is 9.84. The number of rotatable bonds is 4. The molecule has 2 N–H and O–H groups in total. The van der Waals surface area contributed by atoms with Crippen LogP contribution in [0.3, 0.4) is 0 Å². The molecule has 0 aliphatic heterocycles. The summed E-state index contributed by atoms with van der Waals surface area (Å²) in [5.74, 6) is 2.43. The molecule has 0 aromatic carbocycles. The maximum atomic E-state index is 4.60. The minimum Gasteiger partial charge on any atom is -0.367 e. The van der Waals surface area contributed by atoms with Crippen LogP contribution >= 0.6 is 11.3 Å². The van der Waals surface area contributed by atoms with Gasteiger partial charge in [0.2, 0.25) is 5.95 Å². The molecule has 3 rings (SSSR count). The number of fused-ring (bicyclic) bond motifs is 1. The summed E-state index contributed by atoms with van der Waals surface area (Å²) in [7, 11) is 1.86. The minimum atomic E-state index is 0.470. The zero-order chi connectivity index (χ0) is 13.9. The van der Waals surface area contributed by atoms with Crippen molar-refractivity contribution >= 4 is 33.3 Å². The Morgan fingerprint density at radius 2 is 2.05 bits per heavy atom. The molecule has 1 unspecified atom stereocenters. The fourth-order valence-electron chi connectivity index (χ4n) is 3.04. The van der Waals surface area contributed by atoms with Crippen LogP contribution in [0.4, 0.5) is 11.8 Å². The molecule has 0 bridgehead atoms. The van der Waals surface area contributed by atoms with Crippen molar-refractivity contribution in [1.82, 2.24) is 9.97 Å². The summed E-state index contributed by atoms with van der Waals surface area (Å²) in [5, 5.41) is 9.89. The summed E-state index contributed by atoms with van der Waals surface area (Å²) >= 11 is 1.66. The molecule has 1 aliphatic rings. The fourth-order valence-corrected chi connectivity index (χ4v) is 3.81. The lowest BCUT2D eigenvalue weighted by Crippen LogP contribution is -2.28. The SMILES string of the molecule is CNc1nc(NC(C)C2CCCCC2)c2ccsc2n1. The molecule has 1 atom stereocenters. The lowest BCUT2D eigenvalue weighted by molar-refractivity contribution is 0.328. The molecule has 0 radical (unpaired) electrons. The van der Waals surface area contributed by atoms with Gasteiger partial charge in [-0.05, 0) is 37.1 Å². The topological polar surface area (TPSA) is 49.8 Å². The number of hydrogen-bond acceptors (Lipinski definition) is 5. The van der Waals surface area contributed by atoms with E-state index < -0.39 is 0 Å². The van der Waals surface area contributed by atoms with Crippen LogP contribution in [-0.4, -0.2) is 23.1 Å². The van der Waals surface area contributed by atoms with E-state index in [4.69, 9.17) is 0 Å². The second-order valence-corrected chi connectivity index (χ2v) is 6.51. The zero-order valence-corrected chi connectivity index (χ0v) is 13.0. The van der Waals surface area contributed by atoms with E-state index in [1.54, 1.807) is 11.3 Å². The highest BCUT2D eigenvalue weighted by molar-refractivity contribution is 7.16. The van der Waals surface area contributed by atoms with Gasteiger partial charge in [-0.1, -0.05) is 19.3 Å². The van der Waals surface area contributed by atoms with Crippen molar-refractivity contribution in [3.63, 3.8) is 0 Å². The molecule has 1 fully saturated rings. The van der Waals surface area contributed by atoms with Gasteiger partial charge < -0.3 is 10.6 Å². The Morgan fingerprint density at radius 3 is 2.80 bits per heavy atom. The highest BCUT2D eigenvalue weighted by Crippen LogP contribution is 2.31. The third-order valence-corrected chi connectivity index (χ3v) is 5.08. The minimum absolute atomic E-state index is 0.470. The molecule has 20 heavy (non-hydrogen) atoms. The summed E-state index contributed by atoms with van der Waals surface area (Å²) in [6, 6.07) is 2.58. The molecule has 0 saturated heterocycles. The number of thiophene rings is 1. The first-order valence-corrected chi connectivity index (χ1v) is 8.35. The Balaban J connectivity index is 1.83. The third kappa shape index (κ3) is 2.73. The van der Waals surface area contributed by atoms with Crippen LogP contribution in [0.2, 0.25) is 0 Å². The molecule has 2 heterocycles. The number of nitrogens with zero attached hydrogens (tertiary/aromatic N) is 2. The van der Waals surface area contributed by atoms with Crippen LogP contribution in [0.25, 0.3) is 10.2 Å².